The van der Waals surface area contributed by atoms with Crippen molar-refractivity contribution in [1.82, 2.24) is 0 Å². The van der Waals surface area contributed by atoms with Gasteiger partial charge in [-0.1, -0.05) is 0 Å². The van der Waals surface area contributed by atoms with Crippen molar-refractivity contribution in [3.05, 3.63) is 23.1 Å². The number of hydrogen-bond donors (Lipinski definition) is 1. The summed E-state index contributed by atoms with van der Waals surface area (Å²) in [5.41, 5.74) is 0. The Bertz CT molecular complexity index is 297. The molecule has 1 aromatic rings. The van der Waals surface area contributed by atoms with Gasteiger partial charge in [0.05, 0.1) is 11.0 Å². The van der Waals surface area contributed by atoms with Gasteiger partial charge in [-0.15, -0.1) is 11.8 Å². The Balaban J connectivity index is 2.39. The van der Waals surface area contributed by atoms with Gasteiger partial charge in [-0.3, -0.25) is 4.79 Å². The molecule has 1 aromatic heterocycles. The smallest absolute Gasteiger partial charge is 0.316 e. The number of aliphatic carboxylic acids is 1. The van der Waals surface area contributed by atoms with Crippen molar-refractivity contribution in [3.63, 3.8) is 0 Å². The van der Waals surface area contributed by atoms with Gasteiger partial charge >= 0.3 is 5.97 Å². The molecule has 0 aliphatic rings. The summed E-state index contributed by atoms with van der Waals surface area (Å²) in [5, 5.41) is 8.49. The lowest BCUT2D eigenvalue weighted by atomic mass is 10.5. The normalized spacial score (nSPS) is 12.8. The van der Waals surface area contributed by atoms with Gasteiger partial charge in [0, 0.05) is 0 Å². The Labute approximate surface area is 85.1 Å². The maximum absolute atomic E-state index is 10.4. The van der Waals surface area contributed by atoms with Gasteiger partial charge in [-0.25, -0.2) is 0 Å². The number of rotatable bonds is 4. The molecule has 1 unspecified atom stereocenters. The minimum atomic E-state index is -0.817. The second-order valence-electron chi connectivity index (χ2n) is 2.50. The summed E-state index contributed by atoms with van der Waals surface area (Å²) < 4.78 is 5.07. The van der Waals surface area contributed by atoms with Crippen LogP contribution < -0.4 is 0 Å². The average Bonchev–Trinajstić information content (AvgIpc) is 2.47. The Morgan fingerprint density at radius 1 is 1.77 bits per heavy atom. The van der Waals surface area contributed by atoms with E-state index in [1.165, 1.54) is 11.8 Å². The zero-order valence-electron chi connectivity index (χ0n) is 6.99. The van der Waals surface area contributed by atoms with E-state index in [-0.39, 0.29) is 0 Å². The number of carboxylic acids is 1. The molecule has 13 heavy (non-hydrogen) atoms. The number of thioether (sulfide) groups is 1. The van der Waals surface area contributed by atoms with Gasteiger partial charge in [0.2, 0.25) is 0 Å². The van der Waals surface area contributed by atoms with E-state index in [1.807, 2.05) is 0 Å². The van der Waals surface area contributed by atoms with Crippen LogP contribution in [-0.4, -0.2) is 16.3 Å². The van der Waals surface area contributed by atoms with E-state index >= 15 is 0 Å². The van der Waals surface area contributed by atoms with E-state index in [0.717, 1.165) is 0 Å². The standard InChI is InChI=1S/C8H9ClO3S/c1-5(8(10)11)13-4-6-2-3-7(9)12-6/h2-3,5H,4H2,1H3,(H,10,11). The van der Waals surface area contributed by atoms with Crippen molar-refractivity contribution in [3.8, 4) is 0 Å². The van der Waals surface area contributed by atoms with Crippen molar-refractivity contribution >= 4 is 29.3 Å². The summed E-state index contributed by atoms with van der Waals surface area (Å²) in [6, 6.07) is 3.38. The van der Waals surface area contributed by atoms with Crippen LogP contribution in [-0.2, 0) is 10.5 Å². The Morgan fingerprint density at radius 2 is 2.46 bits per heavy atom. The predicted octanol–water partition coefficient (Wildman–Crippen LogP) is 2.64. The van der Waals surface area contributed by atoms with Crippen molar-refractivity contribution in [2.45, 2.75) is 17.9 Å². The zero-order valence-corrected chi connectivity index (χ0v) is 8.56. The van der Waals surface area contributed by atoms with E-state index in [9.17, 15) is 4.79 Å². The summed E-state index contributed by atoms with van der Waals surface area (Å²) in [7, 11) is 0. The van der Waals surface area contributed by atoms with Crippen molar-refractivity contribution in [2.75, 3.05) is 0 Å². The molecule has 0 fully saturated rings. The van der Waals surface area contributed by atoms with E-state index in [4.69, 9.17) is 21.1 Å². The molecule has 0 aromatic carbocycles. The molecule has 0 amide bonds. The highest BCUT2D eigenvalue weighted by atomic mass is 35.5. The average molecular weight is 221 g/mol. The lowest BCUT2D eigenvalue weighted by molar-refractivity contribution is -0.136. The minimum absolute atomic E-state index is 0.332. The van der Waals surface area contributed by atoms with Gasteiger partial charge in [0.15, 0.2) is 5.22 Å². The lowest BCUT2D eigenvalue weighted by Gasteiger charge is -2.02. The minimum Gasteiger partial charge on any atom is -0.480 e. The van der Waals surface area contributed by atoms with E-state index in [0.29, 0.717) is 16.7 Å². The van der Waals surface area contributed by atoms with Crippen molar-refractivity contribution in [1.29, 1.82) is 0 Å². The molecule has 0 spiro atoms. The summed E-state index contributed by atoms with van der Waals surface area (Å²) in [4.78, 5) is 10.4. The van der Waals surface area contributed by atoms with E-state index < -0.39 is 11.2 Å². The Hall–Kier alpha value is -0.610. The molecule has 0 saturated carbocycles. The SMILES string of the molecule is CC(SCc1ccc(Cl)o1)C(=O)O. The highest BCUT2D eigenvalue weighted by Gasteiger charge is 2.12. The first kappa shape index (κ1) is 10.5. The van der Waals surface area contributed by atoms with Crippen LogP contribution in [0.4, 0.5) is 0 Å². The van der Waals surface area contributed by atoms with Crippen LogP contribution in [0.15, 0.2) is 16.5 Å². The first-order valence-corrected chi connectivity index (χ1v) is 5.11. The quantitative estimate of drug-likeness (QED) is 0.848. The van der Waals surface area contributed by atoms with Crippen LogP contribution in [0, 0.1) is 0 Å². The number of furan rings is 1. The molecule has 0 aliphatic heterocycles. The highest BCUT2D eigenvalue weighted by Crippen LogP contribution is 2.21. The van der Waals surface area contributed by atoms with Gasteiger partial charge in [0.25, 0.3) is 0 Å². The van der Waals surface area contributed by atoms with Crippen LogP contribution in [0.1, 0.15) is 12.7 Å². The lowest BCUT2D eigenvalue weighted by Crippen LogP contribution is -2.11. The summed E-state index contributed by atoms with van der Waals surface area (Å²) >= 11 is 6.85. The number of hydrogen-bond acceptors (Lipinski definition) is 3. The molecular weight excluding hydrogens is 212 g/mol. The fourth-order valence-electron chi connectivity index (χ4n) is 0.708. The summed E-state index contributed by atoms with van der Waals surface area (Å²) in [6.07, 6.45) is 0. The second kappa shape index (κ2) is 4.58. The molecule has 1 rings (SSSR count). The maximum atomic E-state index is 10.4. The monoisotopic (exact) mass is 220 g/mol. The molecule has 0 bridgehead atoms. The fourth-order valence-corrected chi connectivity index (χ4v) is 1.58. The largest absolute Gasteiger partial charge is 0.480 e. The molecule has 1 N–H and O–H groups in total. The first-order valence-electron chi connectivity index (χ1n) is 3.68. The second-order valence-corrected chi connectivity index (χ2v) is 4.20. The van der Waals surface area contributed by atoms with E-state index in [2.05, 4.69) is 0 Å². The van der Waals surface area contributed by atoms with Crippen LogP contribution in [0.2, 0.25) is 5.22 Å². The fraction of sp³-hybridized carbons (Fsp3) is 0.375. The highest BCUT2D eigenvalue weighted by molar-refractivity contribution is 7.99. The third-order valence-corrected chi connectivity index (χ3v) is 2.81. The Morgan fingerprint density at radius 3 is 2.92 bits per heavy atom. The van der Waals surface area contributed by atoms with Gasteiger partial charge in [-0.2, -0.15) is 0 Å². The third kappa shape index (κ3) is 3.32. The van der Waals surface area contributed by atoms with E-state index in [1.54, 1.807) is 19.1 Å². The molecule has 1 heterocycles. The molecule has 0 saturated heterocycles. The van der Waals surface area contributed by atoms with Crippen LogP contribution in [0.5, 0.6) is 0 Å². The van der Waals surface area contributed by atoms with Crippen LogP contribution >= 0.6 is 23.4 Å². The number of carboxylic acid groups (broad SMARTS) is 1. The van der Waals surface area contributed by atoms with Crippen molar-refractivity contribution < 1.29 is 14.3 Å². The Kier molecular flexibility index (Phi) is 3.69. The third-order valence-electron chi connectivity index (χ3n) is 1.45. The zero-order chi connectivity index (χ0) is 9.84. The van der Waals surface area contributed by atoms with Crippen LogP contribution in [0.3, 0.4) is 0 Å². The topological polar surface area (TPSA) is 50.4 Å². The maximum Gasteiger partial charge on any atom is 0.316 e. The molecular formula is C8H9ClO3S. The molecule has 0 radical (unpaired) electrons. The van der Waals surface area contributed by atoms with Gasteiger partial charge in [0.1, 0.15) is 5.76 Å². The summed E-state index contributed by atoms with van der Waals surface area (Å²) in [6.45, 7) is 1.64. The molecule has 1 atom stereocenters. The molecule has 72 valence electrons. The van der Waals surface area contributed by atoms with Gasteiger partial charge < -0.3 is 9.52 Å². The first-order chi connectivity index (χ1) is 6.09. The predicted molar refractivity (Wildman–Crippen MR) is 52.1 cm³/mol. The molecule has 3 nitrogen and oxygen atoms in total. The number of halogens is 1. The van der Waals surface area contributed by atoms with Gasteiger partial charge in [-0.05, 0) is 30.7 Å². The molecule has 0 aliphatic carbocycles. The number of carbonyl (C=O) groups is 1. The van der Waals surface area contributed by atoms with Crippen LogP contribution in [0.25, 0.3) is 0 Å². The summed E-state index contributed by atoms with van der Waals surface area (Å²) in [5.74, 6) is 0.408. The van der Waals surface area contributed by atoms with Crippen molar-refractivity contribution in [2.24, 2.45) is 0 Å². The molecule has 5 heteroatoms.